The first-order valence-corrected chi connectivity index (χ1v) is 8.08. The van der Waals surface area contributed by atoms with E-state index in [0.29, 0.717) is 5.11 Å². The summed E-state index contributed by atoms with van der Waals surface area (Å²) in [6.45, 7) is 5.20. The van der Waals surface area contributed by atoms with E-state index in [1.165, 1.54) is 24.9 Å². The molecule has 0 radical (unpaired) electrons. The zero-order valence-corrected chi connectivity index (χ0v) is 13.5. The van der Waals surface area contributed by atoms with Crippen molar-refractivity contribution in [3.8, 4) is 0 Å². The van der Waals surface area contributed by atoms with Crippen molar-refractivity contribution in [3.05, 3.63) is 23.2 Å². The Hall–Kier alpha value is -1.00. The zero-order valence-electron chi connectivity index (χ0n) is 11.9. The third-order valence-corrected chi connectivity index (χ3v) is 3.92. The van der Waals surface area contributed by atoms with E-state index < -0.39 is 0 Å². The Morgan fingerprint density at radius 3 is 2.75 bits per heavy atom. The van der Waals surface area contributed by atoms with Crippen LogP contribution >= 0.6 is 23.8 Å². The van der Waals surface area contributed by atoms with Crippen molar-refractivity contribution in [2.75, 3.05) is 29.9 Å². The molecular formula is C15H22ClN3S. The fourth-order valence-corrected chi connectivity index (χ4v) is 2.81. The molecule has 0 amide bonds. The third-order valence-electron chi connectivity index (χ3n) is 3.44. The van der Waals surface area contributed by atoms with Gasteiger partial charge in [0.2, 0.25) is 0 Å². The normalized spacial score (nSPS) is 15.0. The second-order valence-electron chi connectivity index (χ2n) is 5.09. The van der Waals surface area contributed by atoms with E-state index >= 15 is 0 Å². The van der Waals surface area contributed by atoms with Crippen LogP contribution in [0.25, 0.3) is 0 Å². The molecule has 1 aromatic rings. The predicted molar refractivity (Wildman–Crippen MR) is 92.0 cm³/mol. The smallest absolute Gasteiger partial charge is 0.170 e. The quantitative estimate of drug-likeness (QED) is 0.821. The number of thiocarbonyl (C=S) groups is 1. The highest BCUT2D eigenvalue weighted by Crippen LogP contribution is 2.31. The van der Waals surface area contributed by atoms with Crippen LogP contribution in [0.2, 0.25) is 5.02 Å². The minimum Gasteiger partial charge on any atom is -0.370 e. The lowest BCUT2D eigenvalue weighted by Gasteiger charge is -2.31. The molecule has 0 bridgehead atoms. The van der Waals surface area contributed by atoms with E-state index in [1.54, 1.807) is 0 Å². The number of nitrogens with one attached hydrogen (secondary N) is 2. The van der Waals surface area contributed by atoms with Gasteiger partial charge in [-0.15, -0.1) is 0 Å². The second-order valence-corrected chi connectivity index (χ2v) is 5.93. The van der Waals surface area contributed by atoms with Gasteiger partial charge in [0.1, 0.15) is 0 Å². The summed E-state index contributed by atoms with van der Waals surface area (Å²) in [5.41, 5.74) is 2.18. The molecule has 0 unspecified atom stereocenters. The number of piperidine rings is 1. The molecule has 5 heteroatoms. The van der Waals surface area contributed by atoms with Crippen LogP contribution < -0.4 is 15.5 Å². The standard InChI is InChI=1S/C15H22ClN3S/c1-2-8-17-15(20)18-13-11-12(16)6-7-14(13)19-9-4-3-5-10-19/h6-7,11H,2-5,8-10H2,1H3,(H2,17,18,20). The van der Waals surface area contributed by atoms with E-state index in [-0.39, 0.29) is 0 Å². The molecule has 1 fully saturated rings. The minimum atomic E-state index is 0.660. The maximum Gasteiger partial charge on any atom is 0.170 e. The molecule has 20 heavy (non-hydrogen) atoms. The summed E-state index contributed by atoms with van der Waals surface area (Å²) >= 11 is 11.4. The SMILES string of the molecule is CCCNC(=S)Nc1cc(Cl)ccc1N1CCCCC1. The van der Waals surface area contributed by atoms with Crippen LogP contribution in [0.5, 0.6) is 0 Å². The summed E-state index contributed by atoms with van der Waals surface area (Å²) in [6.07, 6.45) is 4.88. The number of hydrogen-bond donors (Lipinski definition) is 2. The van der Waals surface area contributed by atoms with Crippen LogP contribution in [0.1, 0.15) is 32.6 Å². The van der Waals surface area contributed by atoms with Gasteiger partial charge in [0.25, 0.3) is 0 Å². The van der Waals surface area contributed by atoms with Gasteiger partial charge in [-0.1, -0.05) is 18.5 Å². The topological polar surface area (TPSA) is 27.3 Å². The zero-order chi connectivity index (χ0) is 14.4. The molecule has 0 aromatic heterocycles. The fraction of sp³-hybridized carbons (Fsp3) is 0.533. The lowest BCUT2D eigenvalue weighted by atomic mass is 10.1. The Balaban J connectivity index is 2.12. The average molecular weight is 312 g/mol. The molecule has 1 heterocycles. The van der Waals surface area contributed by atoms with Crippen molar-refractivity contribution in [1.29, 1.82) is 0 Å². The highest BCUT2D eigenvalue weighted by molar-refractivity contribution is 7.80. The van der Waals surface area contributed by atoms with E-state index in [4.69, 9.17) is 23.8 Å². The van der Waals surface area contributed by atoms with Gasteiger partial charge in [-0.05, 0) is 56.1 Å². The van der Waals surface area contributed by atoms with E-state index in [9.17, 15) is 0 Å². The van der Waals surface area contributed by atoms with Gasteiger partial charge in [0, 0.05) is 24.7 Å². The van der Waals surface area contributed by atoms with Crippen LogP contribution in [-0.2, 0) is 0 Å². The highest BCUT2D eigenvalue weighted by atomic mass is 35.5. The van der Waals surface area contributed by atoms with Gasteiger partial charge in [0.05, 0.1) is 11.4 Å². The number of rotatable bonds is 4. The maximum atomic E-state index is 6.12. The lowest BCUT2D eigenvalue weighted by Crippen LogP contribution is -2.32. The highest BCUT2D eigenvalue weighted by Gasteiger charge is 2.15. The maximum absolute atomic E-state index is 6.12. The Morgan fingerprint density at radius 2 is 2.05 bits per heavy atom. The van der Waals surface area contributed by atoms with Crippen molar-refractivity contribution >= 4 is 40.3 Å². The van der Waals surface area contributed by atoms with Gasteiger partial charge in [-0.2, -0.15) is 0 Å². The second kappa shape index (κ2) is 7.70. The van der Waals surface area contributed by atoms with Crippen LogP contribution in [0.4, 0.5) is 11.4 Å². The van der Waals surface area contributed by atoms with Crippen LogP contribution in [0.15, 0.2) is 18.2 Å². The lowest BCUT2D eigenvalue weighted by molar-refractivity contribution is 0.578. The van der Waals surface area contributed by atoms with Crippen molar-refractivity contribution in [3.63, 3.8) is 0 Å². The first-order chi connectivity index (χ1) is 9.70. The summed E-state index contributed by atoms with van der Waals surface area (Å²) in [5, 5.41) is 7.85. The number of benzene rings is 1. The summed E-state index contributed by atoms with van der Waals surface area (Å²) in [6, 6.07) is 5.98. The monoisotopic (exact) mass is 311 g/mol. The fourth-order valence-electron chi connectivity index (χ4n) is 2.42. The van der Waals surface area contributed by atoms with E-state index in [1.807, 2.05) is 12.1 Å². The molecule has 3 nitrogen and oxygen atoms in total. The minimum absolute atomic E-state index is 0.660. The number of nitrogens with zero attached hydrogens (tertiary/aromatic N) is 1. The van der Waals surface area contributed by atoms with Crippen LogP contribution in [-0.4, -0.2) is 24.7 Å². The van der Waals surface area contributed by atoms with E-state index in [2.05, 4.69) is 28.5 Å². The van der Waals surface area contributed by atoms with Gasteiger partial charge in [-0.3, -0.25) is 0 Å². The third kappa shape index (κ3) is 4.25. The van der Waals surface area contributed by atoms with Gasteiger partial charge < -0.3 is 15.5 Å². The number of halogens is 1. The van der Waals surface area contributed by atoms with Crippen LogP contribution in [0.3, 0.4) is 0 Å². The van der Waals surface area contributed by atoms with Crippen LogP contribution in [0, 0.1) is 0 Å². The van der Waals surface area contributed by atoms with Gasteiger partial charge in [0.15, 0.2) is 5.11 Å². The summed E-state index contributed by atoms with van der Waals surface area (Å²) < 4.78 is 0. The van der Waals surface area contributed by atoms with Gasteiger partial charge >= 0.3 is 0 Å². The molecule has 0 atom stereocenters. The summed E-state index contributed by atoms with van der Waals surface area (Å²) in [5.74, 6) is 0. The molecule has 0 spiro atoms. The molecule has 110 valence electrons. The summed E-state index contributed by atoms with van der Waals surface area (Å²) in [7, 11) is 0. The molecular weight excluding hydrogens is 290 g/mol. The Morgan fingerprint density at radius 1 is 1.30 bits per heavy atom. The Kier molecular flexibility index (Phi) is 5.92. The molecule has 2 N–H and O–H groups in total. The average Bonchev–Trinajstić information content (AvgIpc) is 2.46. The molecule has 1 aliphatic heterocycles. The Labute approximate surface area is 131 Å². The van der Waals surface area contributed by atoms with Gasteiger partial charge in [-0.25, -0.2) is 0 Å². The first kappa shape index (κ1) is 15.4. The summed E-state index contributed by atoms with van der Waals surface area (Å²) in [4.78, 5) is 2.41. The number of anilines is 2. The van der Waals surface area contributed by atoms with Crippen molar-refractivity contribution in [2.24, 2.45) is 0 Å². The number of hydrogen-bond acceptors (Lipinski definition) is 2. The van der Waals surface area contributed by atoms with E-state index in [0.717, 1.165) is 36.8 Å². The van der Waals surface area contributed by atoms with Crippen molar-refractivity contribution in [1.82, 2.24) is 5.32 Å². The molecule has 2 rings (SSSR count). The molecule has 1 aliphatic rings. The molecule has 0 saturated carbocycles. The predicted octanol–water partition coefficient (Wildman–Crippen LogP) is 4.03. The molecule has 0 aliphatic carbocycles. The molecule has 1 aromatic carbocycles. The van der Waals surface area contributed by atoms with Crippen molar-refractivity contribution < 1.29 is 0 Å². The Bertz CT molecular complexity index is 458. The molecule has 1 saturated heterocycles. The largest absolute Gasteiger partial charge is 0.370 e. The first-order valence-electron chi connectivity index (χ1n) is 7.30. The van der Waals surface area contributed by atoms with Crippen molar-refractivity contribution in [2.45, 2.75) is 32.6 Å².